The minimum Gasteiger partial charge on any atom is -0.493 e. The van der Waals surface area contributed by atoms with Crippen molar-refractivity contribution in [2.75, 3.05) is 30.5 Å². The molecule has 3 aromatic carbocycles. The van der Waals surface area contributed by atoms with Gasteiger partial charge in [0.25, 0.3) is 5.91 Å². The smallest absolute Gasteiger partial charge is 0.416 e. The van der Waals surface area contributed by atoms with E-state index < -0.39 is 29.7 Å². The van der Waals surface area contributed by atoms with Crippen LogP contribution in [0.3, 0.4) is 0 Å². The Morgan fingerprint density at radius 2 is 1.77 bits per heavy atom. The van der Waals surface area contributed by atoms with Crippen molar-refractivity contribution in [1.29, 1.82) is 0 Å². The minimum atomic E-state index is -4.46. The third-order valence-electron chi connectivity index (χ3n) is 7.70. The van der Waals surface area contributed by atoms with Crippen molar-refractivity contribution in [2.24, 2.45) is 5.41 Å². The molecule has 1 fully saturated rings. The van der Waals surface area contributed by atoms with Crippen molar-refractivity contribution >= 4 is 28.8 Å². The van der Waals surface area contributed by atoms with Gasteiger partial charge in [0.2, 0.25) is 5.91 Å². The number of aliphatic hydroxyl groups excluding tert-OH is 1. The van der Waals surface area contributed by atoms with E-state index in [2.05, 4.69) is 17.6 Å². The number of carbonyl (C=O) groups is 2. The van der Waals surface area contributed by atoms with E-state index in [4.69, 9.17) is 9.47 Å². The molecule has 43 heavy (non-hydrogen) atoms. The molecule has 2 aliphatic rings. The maximum atomic E-state index is 13.2. The van der Waals surface area contributed by atoms with Crippen molar-refractivity contribution in [3.8, 4) is 5.75 Å². The number of alkyl halides is 3. The zero-order valence-corrected chi connectivity index (χ0v) is 23.4. The van der Waals surface area contributed by atoms with E-state index in [9.17, 15) is 27.9 Å². The number of allylic oxidation sites excluding steroid dienone is 2. The van der Waals surface area contributed by atoms with Crippen molar-refractivity contribution in [3.63, 3.8) is 0 Å². The maximum Gasteiger partial charge on any atom is 0.416 e. The fraction of sp³-hybridized carbons (Fsp3) is 0.273. The summed E-state index contributed by atoms with van der Waals surface area (Å²) in [5.74, 6) is -0.303. The SMILES string of the molecule is CCC1(COc2ccc(C(=CC=CC(=O)Nc3cccc4c3CC(O)C(=O)N4)c3ccc(C(F)(F)F)cc3)cc2)COC1. The quantitative estimate of drug-likeness (QED) is 0.210. The number of aliphatic hydroxyl groups is 1. The van der Waals surface area contributed by atoms with E-state index in [1.807, 2.05) is 12.1 Å². The average molecular weight is 593 g/mol. The number of hydrogen-bond donors (Lipinski definition) is 3. The molecule has 224 valence electrons. The van der Waals surface area contributed by atoms with E-state index >= 15 is 0 Å². The Kier molecular flexibility index (Phi) is 8.70. The van der Waals surface area contributed by atoms with Gasteiger partial charge in [-0.2, -0.15) is 13.2 Å². The fourth-order valence-electron chi connectivity index (χ4n) is 4.89. The molecule has 7 nitrogen and oxygen atoms in total. The summed E-state index contributed by atoms with van der Waals surface area (Å²) in [4.78, 5) is 24.6. The molecule has 1 atom stereocenters. The predicted octanol–water partition coefficient (Wildman–Crippen LogP) is 5.99. The Labute approximate surface area is 247 Å². The monoisotopic (exact) mass is 592 g/mol. The summed E-state index contributed by atoms with van der Waals surface area (Å²) in [5.41, 5.74) is 2.68. The van der Waals surface area contributed by atoms with E-state index in [1.54, 1.807) is 36.4 Å². The molecule has 0 aliphatic carbocycles. The fourth-order valence-corrected chi connectivity index (χ4v) is 4.89. The average Bonchev–Trinajstić information content (AvgIpc) is 2.96. The van der Waals surface area contributed by atoms with Gasteiger partial charge in [0.05, 0.1) is 30.8 Å². The molecule has 0 saturated carbocycles. The third-order valence-corrected chi connectivity index (χ3v) is 7.70. The van der Waals surface area contributed by atoms with Crippen molar-refractivity contribution in [2.45, 2.75) is 32.0 Å². The molecule has 3 aromatic rings. The lowest BCUT2D eigenvalue weighted by molar-refractivity contribution is -0.137. The molecule has 1 unspecified atom stereocenters. The van der Waals surface area contributed by atoms with Gasteiger partial charge < -0.3 is 25.2 Å². The number of amides is 2. The number of hydrogen-bond acceptors (Lipinski definition) is 5. The number of rotatable bonds is 9. The number of halogens is 3. The first-order valence-electron chi connectivity index (χ1n) is 13.9. The molecular formula is C33H31F3N2O5. The summed E-state index contributed by atoms with van der Waals surface area (Å²) in [6.45, 7) is 3.95. The number of benzene rings is 3. The van der Waals surface area contributed by atoms with Crippen LogP contribution in [-0.2, 0) is 26.9 Å². The topological polar surface area (TPSA) is 96.9 Å². The summed E-state index contributed by atoms with van der Waals surface area (Å²) in [7, 11) is 0. The van der Waals surface area contributed by atoms with Crippen LogP contribution < -0.4 is 15.4 Å². The highest BCUT2D eigenvalue weighted by atomic mass is 19.4. The summed E-state index contributed by atoms with van der Waals surface area (Å²) >= 11 is 0. The number of carbonyl (C=O) groups excluding carboxylic acids is 2. The first-order valence-corrected chi connectivity index (χ1v) is 13.9. The molecule has 10 heteroatoms. The molecule has 1 saturated heterocycles. The molecule has 0 bridgehead atoms. The van der Waals surface area contributed by atoms with Gasteiger partial charge in [-0.1, -0.05) is 49.4 Å². The lowest BCUT2D eigenvalue weighted by Crippen LogP contribution is -2.46. The zero-order valence-electron chi connectivity index (χ0n) is 23.4. The Bertz CT molecular complexity index is 1540. The first kappa shape index (κ1) is 30.1. The molecule has 2 aliphatic heterocycles. The molecule has 0 spiro atoms. The molecule has 2 heterocycles. The minimum absolute atomic E-state index is 0.0160. The standard InChI is InChI=1S/C33H31F3N2O5/c1-2-32(18-42-19-32)20-43-24-15-11-22(12-16-24)25(21-9-13-23(14-10-21)33(34,35)36)5-3-8-30(40)37-27-6-4-7-28-26(27)17-29(39)31(41)38-28/h3-16,29,39H,2,17-20H2,1H3,(H,37,40)(H,38,41). The van der Waals surface area contributed by atoms with E-state index in [0.29, 0.717) is 53.6 Å². The predicted molar refractivity (Wildman–Crippen MR) is 157 cm³/mol. The molecular weight excluding hydrogens is 561 g/mol. The van der Waals surface area contributed by atoms with Gasteiger partial charge in [-0.15, -0.1) is 0 Å². The Balaban J connectivity index is 1.36. The first-order chi connectivity index (χ1) is 20.6. The van der Waals surface area contributed by atoms with Crippen LogP contribution in [0.1, 0.15) is 35.6 Å². The van der Waals surface area contributed by atoms with Crippen LogP contribution in [-0.4, -0.2) is 42.8 Å². The Morgan fingerprint density at radius 3 is 2.37 bits per heavy atom. The van der Waals surface area contributed by atoms with Gasteiger partial charge in [-0.05, 0) is 59.5 Å². The number of fused-ring (bicyclic) bond motifs is 1. The second-order valence-electron chi connectivity index (χ2n) is 10.7. The summed E-state index contributed by atoms with van der Waals surface area (Å²) in [6, 6.07) is 17.1. The van der Waals surface area contributed by atoms with Crippen LogP contribution in [0, 0.1) is 5.41 Å². The van der Waals surface area contributed by atoms with Gasteiger partial charge in [0.1, 0.15) is 11.9 Å². The Morgan fingerprint density at radius 1 is 1.09 bits per heavy atom. The van der Waals surface area contributed by atoms with Crippen LogP contribution in [0.2, 0.25) is 0 Å². The van der Waals surface area contributed by atoms with Crippen LogP contribution in [0.15, 0.2) is 85.0 Å². The normalized spacial score (nSPS) is 18.0. The molecule has 0 aromatic heterocycles. The maximum absolute atomic E-state index is 13.2. The van der Waals surface area contributed by atoms with Gasteiger partial charge in [-0.3, -0.25) is 9.59 Å². The van der Waals surface area contributed by atoms with Gasteiger partial charge in [0.15, 0.2) is 0 Å². The van der Waals surface area contributed by atoms with E-state index in [0.717, 1.165) is 24.1 Å². The second kappa shape index (κ2) is 12.4. The van der Waals surface area contributed by atoms with Crippen molar-refractivity contribution < 1.29 is 37.3 Å². The zero-order chi connectivity index (χ0) is 30.6. The lowest BCUT2D eigenvalue weighted by atomic mass is 9.84. The second-order valence-corrected chi connectivity index (χ2v) is 10.7. The largest absolute Gasteiger partial charge is 0.493 e. The Hall–Kier alpha value is -4.41. The van der Waals surface area contributed by atoms with Gasteiger partial charge in [0, 0.05) is 29.4 Å². The molecule has 2 amide bonds. The van der Waals surface area contributed by atoms with Gasteiger partial charge in [-0.25, -0.2) is 0 Å². The molecule has 0 radical (unpaired) electrons. The van der Waals surface area contributed by atoms with E-state index in [-0.39, 0.29) is 11.8 Å². The van der Waals surface area contributed by atoms with Crippen LogP contribution in [0.4, 0.5) is 24.5 Å². The third kappa shape index (κ3) is 6.98. The summed E-state index contributed by atoms with van der Waals surface area (Å²) < 4.78 is 50.9. The highest BCUT2D eigenvalue weighted by molar-refractivity contribution is 6.03. The van der Waals surface area contributed by atoms with Crippen LogP contribution in [0.25, 0.3) is 5.57 Å². The van der Waals surface area contributed by atoms with Crippen molar-refractivity contribution in [1.82, 2.24) is 0 Å². The lowest BCUT2D eigenvalue weighted by Gasteiger charge is -2.40. The summed E-state index contributed by atoms with van der Waals surface area (Å²) in [6.07, 6.45) is -0.212. The van der Waals surface area contributed by atoms with Crippen LogP contribution >= 0.6 is 0 Å². The molecule has 5 rings (SSSR count). The number of ether oxygens (including phenoxy) is 2. The number of nitrogens with one attached hydrogen (secondary N) is 2. The highest BCUT2D eigenvalue weighted by Gasteiger charge is 2.37. The molecule has 3 N–H and O–H groups in total. The number of anilines is 2. The van der Waals surface area contributed by atoms with E-state index in [1.165, 1.54) is 24.3 Å². The van der Waals surface area contributed by atoms with Crippen LogP contribution in [0.5, 0.6) is 5.75 Å². The summed E-state index contributed by atoms with van der Waals surface area (Å²) in [5, 5.41) is 15.3. The van der Waals surface area contributed by atoms with Crippen molar-refractivity contribution in [3.05, 3.63) is 107 Å². The highest BCUT2D eigenvalue weighted by Crippen LogP contribution is 2.34. The van der Waals surface area contributed by atoms with Gasteiger partial charge >= 0.3 is 6.18 Å².